The van der Waals surface area contributed by atoms with Crippen LogP contribution in [0.4, 0.5) is 0 Å². The number of carboxylic acid groups (broad SMARTS) is 1. The Kier molecular flexibility index (Phi) is 2.83. The van der Waals surface area contributed by atoms with Gasteiger partial charge in [0.1, 0.15) is 0 Å². The van der Waals surface area contributed by atoms with Crippen LogP contribution in [0.3, 0.4) is 0 Å². The van der Waals surface area contributed by atoms with Crippen molar-refractivity contribution in [3.63, 3.8) is 0 Å². The number of benzene rings is 2. The number of rotatable bonds is 3. The molecule has 1 aromatic heterocycles. The Bertz CT molecular complexity index is 768. The number of aliphatic carboxylic acids is 1. The van der Waals surface area contributed by atoms with Gasteiger partial charge in [0.05, 0.1) is 23.1 Å². The minimum absolute atomic E-state index is 0.0772. The predicted molar refractivity (Wildman–Crippen MR) is 73.0 cm³/mol. The van der Waals surface area contributed by atoms with Gasteiger partial charge in [0, 0.05) is 12.6 Å². The quantitative estimate of drug-likeness (QED) is 0.728. The van der Waals surface area contributed by atoms with Crippen LogP contribution in [0.15, 0.2) is 42.6 Å². The van der Waals surface area contributed by atoms with Gasteiger partial charge in [0.15, 0.2) is 0 Å². The summed E-state index contributed by atoms with van der Waals surface area (Å²) in [7, 11) is 0. The second-order valence-corrected chi connectivity index (χ2v) is 4.44. The van der Waals surface area contributed by atoms with Crippen LogP contribution in [0.1, 0.15) is 12.1 Å². The van der Waals surface area contributed by atoms with Gasteiger partial charge in [-0.3, -0.25) is 9.78 Å². The first-order valence-corrected chi connectivity index (χ1v) is 6.08. The Morgan fingerprint density at radius 2 is 1.79 bits per heavy atom. The van der Waals surface area contributed by atoms with Crippen molar-refractivity contribution in [3.8, 4) is 0 Å². The molecule has 0 saturated carbocycles. The monoisotopic (exact) mass is 252 g/mol. The van der Waals surface area contributed by atoms with Gasteiger partial charge < -0.3 is 5.11 Å². The summed E-state index contributed by atoms with van der Waals surface area (Å²) in [6.07, 6.45) is 2.14. The van der Waals surface area contributed by atoms with Crippen molar-refractivity contribution in [2.24, 2.45) is 0 Å². The smallest absolute Gasteiger partial charge is 0.303 e. The van der Waals surface area contributed by atoms with Crippen molar-refractivity contribution in [1.29, 1.82) is 0 Å². The molecule has 0 fully saturated rings. The molecule has 0 radical (unpaired) electrons. The van der Waals surface area contributed by atoms with E-state index in [4.69, 9.17) is 5.11 Å². The van der Waals surface area contributed by atoms with E-state index in [2.05, 4.69) is 9.97 Å². The average molecular weight is 252 g/mol. The van der Waals surface area contributed by atoms with Crippen molar-refractivity contribution >= 4 is 27.8 Å². The van der Waals surface area contributed by atoms with Gasteiger partial charge in [-0.2, -0.15) is 0 Å². The van der Waals surface area contributed by atoms with Crippen LogP contribution in [0.25, 0.3) is 21.8 Å². The number of hydrogen-bond acceptors (Lipinski definition) is 3. The van der Waals surface area contributed by atoms with E-state index in [9.17, 15) is 4.79 Å². The zero-order chi connectivity index (χ0) is 13.2. The predicted octanol–water partition coefficient (Wildman–Crippen LogP) is 2.80. The first-order chi connectivity index (χ1) is 9.22. The summed E-state index contributed by atoms with van der Waals surface area (Å²) in [4.78, 5) is 19.4. The molecule has 0 aliphatic carbocycles. The molecule has 0 atom stereocenters. The fraction of sp³-hybridized carbons (Fsp3) is 0.133. The zero-order valence-corrected chi connectivity index (χ0v) is 10.2. The summed E-state index contributed by atoms with van der Waals surface area (Å²) in [6.45, 7) is 0. The third kappa shape index (κ3) is 2.38. The van der Waals surface area contributed by atoms with Crippen LogP contribution in [0.5, 0.6) is 0 Å². The Morgan fingerprint density at radius 1 is 1.11 bits per heavy atom. The number of aromatic nitrogens is 2. The van der Waals surface area contributed by atoms with E-state index in [0.29, 0.717) is 12.1 Å². The molecule has 0 amide bonds. The average Bonchev–Trinajstić information content (AvgIpc) is 2.42. The number of carboxylic acids is 1. The third-order valence-electron chi connectivity index (χ3n) is 3.05. The van der Waals surface area contributed by atoms with Gasteiger partial charge >= 0.3 is 5.97 Å². The molecule has 94 valence electrons. The Hall–Kier alpha value is -2.49. The highest BCUT2D eigenvalue weighted by Crippen LogP contribution is 2.20. The minimum atomic E-state index is -0.819. The van der Waals surface area contributed by atoms with E-state index in [0.717, 1.165) is 21.8 Å². The molecule has 4 nitrogen and oxygen atoms in total. The molecule has 1 heterocycles. The zero-order valence-electron chi connectivity index (χ0n) is 10.2. The number of hydrogen-bond donors (Lipinski definition) is 1. The third-order valence-corrected chi connectivity index (χ3v) is 3.05. The molecule has 0 bridgehead atoms. The van der Waals surface area contributed by atoms with Crippen molar-refractivity contribution in [1.82, 2.24) is 9.97 Å². The maximum Gasteiger partial charge on any atom is 0.303 e. The van der Waals surface area contributed by atoms with Crippen molar-refractivity contribution in [2.45, 2.75) is 12.8 Å². The van der Waals surface area contributed by atoms with E-state index >= 15 is 0 Å². The summed E-state index contributed by atoms with van der Waals surface area (Å²) in [6, 6.07) is 12.0. The fourth-order valence-electron chi connectivity index (χ4n) is 2.09. The van der Waals surface area contributed by atoms with Crippen molar-refractivity contribution < 1.29 is 9.90 Å². The van der Waals surface area contributed by atoms with Crippen LogP contribution in [-0.2, 0) is 11.2 Å². The standard InChI is InChI=1S/C15H12N2O2/c18-15(19)6-5-12-9-16-13-7-10-3-1-2-4-11(10)8-14(13)17-12/h1-4,7-9H,5-6H2,(H,18,19). The lowest BCUT2D eigenvalue weighted by Gasteiger charge is -2.03. The fourth-order valence-corrected chi connectivity index (χ4v) is 2.09. The highest BCUT2D eigenvalue weighted by atomic mass is 16.4. The van der Waals surface area contributed by atoms with Gasteiger partial charge in [-0.25, -0.2) is 4.98 Å². The van der Waals surface area contributed by atoms with Crippen molar-refractivity contribution in [3.05, 3.63) is 48.3 Å². The van der Waals surface area contributed by atoms with E-state index in [-0.39, 0.29) is 6.42 Å². The Balaban J connectivity index is 2.06. The summed E-state index contributed by atoms with van der Waals surface area (Å²) in [5.74, 6) is -0.819. The summed E-state index contributed by atoms with van der Waals surface area (Å²) in [5.41, 5.74) is 2.35. The lowest BCUT2D eigenvalue weighted by Crippen LogP contribution is -2.00. The SMILES string of the molecule is O=C(O)CCc1cnc2cc3ccccc3cc2n1. The molecule has 0 saturated heterocycles. The van der Waals surface area contributed by atoms with Gasteiger partial charge in [-0.05, 0) is 22.9 Å². The summed E-state index contributed by atoms with van der Waals surface area (Å²) in [5, 5.41) is 10.9. The first kappa shape index (κ1) is 11.6. The largest absolute Gasteiger partial charge is 0.481 e. The molecule has 3 aromatic rings. The number of carbonyl (C=O) groups is 1. The molecule has 0 aliphatic rings. The molecule has 0 spiro atoms. The van der Waals surface area contributed by atoms with E-state index in [1.165, 1.54) is 0 Å². The van der Waals surface area contributed by atoms with Gasteiger partial charge in [0.25, 0.3) is 0 Å². The number of fused-ring (bicyclic) bond motifs is 2. The highest BCUT2D eigenvalue weighted by molar-refractivity contribution is 5.94. The summed E-state index contributed by atoms with van der Waals surface area (Å²) >= 11 is 0. The molecule has 2 aromatic carbocycles. The second kappa shape index (κ2) is 4.65. The van der Waals surface area contributed by atoms with Crippen LogP contribution in [-0.4, -0.2) is 21.0 Å². The lowest BCUT2D eigenvalue weighted by atomic mass is 10.1. The van der Waals surface area contributed by atoms with Crippen LogP contribution in [0.2, 0.25) is 0 Å². The molecule has 4 heteroatoms. The molecular formula is C15H12N2O2. The van der Waals surface area contributed by atoms with E-state index < -0.39 is 5.97 Å². The minimum Gasteiger partial charge on any atom is -0.481 e. The first-order valence-electron chi connectivity index (χ1n) is 6.08. The van der Waals surface area contributed by atoms with Gasteiger partial charge in [-0.1, -0.05) is 24.3 Å². The molecule has 0 aliphatic heterocycles. The maximum atomic E-state index is 10.6. The van der Waals surface area contributed by atoms with Crippen LogP contribution in [0, 0.1) is 0 Å². The van der Waals surface area contributed by atoms with Crippen LogP contribution >= 0.6 is 0 Å². The molecule has 19 heavy (non-hydrogen) atoms. The Labute approximate surface area is 109 Å². The second-order valence-electron chi connectivity index (χ2n) is 4.44. The van der Waals surface area contributed by atoms with Gasteiger partial charge in [-0.15, -0.1) is 0 Å². The van der Waals surface area contributed by atoms with Crippen LogP contribution < -0.4 is 0 Å². The molecule has 1 N–H and O–H groups in total. The molecule has 3 rings (SSSR count). The normalized spacial score (nSPS) is 10.9. The highest BCUT2D eigenvalue weighted by Gasteiger charge is 2.04. The Morgan fingerprint density at radius 3 is 2.47 bits per heavy atom. The molecule has 0 unspecified atom stereocenters. The van der Waals surface area contributed by atoms with E-state index in [1.807, 2.05) is 36.4 Å². The summed E-state index contributed by atoms with van der Waals surface area (Å²) < 4.78 is 0. The van der Waals surface area contributed by atoms with E-state index in [1.54, 1.807) is 6.20 Å². The maximum absolute atomic E-state index is 10.6. The number of aryl methyl sites for hydroxylation is 1. The molecular weight excluding hydrogens is 240 g/mol. The topological polar surface area (TPSA) is 63.1 Å². The van der Waals surface area contributed by atoms with Crippen molar-refractivity contribution in [2.75, 3.05) is 0 Å². The number of nitrogens with zero attached hydrogens (tertiary/aromatic N) is 2. The lowest BCUT2D eigenvalue weighted by molar-refractivity contribution is -0.136. The van der Waals surface area contributed by atoms with Gasteiger partial charge in [0.2, 0.25) is 0 Å².